The predicted octanol–water partition coefficient (Wildman–Crippen LogP) is 5.88. The molecule has 0 aliphatic rings. The first-order chi connectivity index (χ1) is 11.1. The Balaban J connectivity index is 1.69. The molecule has 0 unspecified atom stereocenters. The van der Waals surface area contributed by atoms with Gasteiger partial charge in [-0.3, -0.25) is 0 Å². The average molecular weight is 365 g/mol. The van der Waals surface area contributed by atoms with Gasteiger partial charge in [0.1, 0.15) is 10.8 Å². The minimum Gasteiger partial charge on any atom is -0.207 e. The number of aromatic nitrogens is 2. The van der Waals surface area contributed by atoms with Crippen molar-refractivity contribution in [3.8, 4) is 11.3 Å². The average Bonchev–Trinajstić information content (AvgIpc) is 2.55. The highest BCUT2D eigenvalue weighted by Crippen LogP contribution is 2.28. The summed E-state index contributed by atoms with van der Waals surface area (Å²) in [6.45, 7) is 0. The van der Waals surface area contributed by atoms with Crippen LogP contribution in [0.4, 0.5) is 4.39 Å². The first-order valence-electron chi connectivity index (χ1n) is 6.78. The molecule has 0 spiro atoms. The van der Waals surface area contributed by atoms with Crippen LogP contribution in [0.3, 0.4) is 0 Å². The number of rotatable bonds is 4. The molecule has 2 aromatic carbocycles. The largest absolute Gasteiger partial charge is 0.207 e. The van der Waals surface area contributed by atoms with Gasteiger partial charge in [-0.25, -0.2) is 4.39 Å². The van der Waals surface area contributed by atoms with Gasteiger partial charge >= 0.3 is 0 Å². The van der Waals surface area contributed by atoms with Crippen LogP contribution in [0.15, 0.2) is 59.6 Å². The summed E-state index contributed by atoms with van der Waals surface area (Å²) in [6.07, 6.45) is 0. The van der Waals surface area contributed by atoms with Crippen LogP contribution in [-0.4, -0.2) is 10.2 Å². The quantitative estimate of drug-likeness (QED) is 0.540. The number of hydrogen-bond acceptors (Lipinski definition) is 3. The Labute approximate surface area is 147 Å². The fourth-order valence-electron chi connectivity index (χ4n) is 1.96. The van der Waals surface area contributed by atoms with Gasteiger partial charge in [0.25, 0.3) is 0 Å². The van der Waals surface area contributed by atoms with E-state index in [2.05, 4.69) is 10.2 Å². The lowest BCUT2D eigenvalue weighted by atomic mass is 10.1. The van der Waals surface area contributed by atoms with E-state index < -0.39 is 0 Å². The Morgan fingerprint density at radius 2 is 1.70 bits per heavy atom. The smallest absolute Gasteiger partial charge is 0.123 e. The minimum atomic E-state index is -0.270. The van der Waals surface area contributed by atoms with E-state index in [0.717, 1.165) is 16.2 Å². The molecule has 0 aliphatic heterocycles. The molecule has 3 rings (SSSR count). The van der Waals surface area contributed by atoms with E-state index in [1.165, 1.54) is 23.9 Å². The number of thioether (sulfide) groups is 1. The van der Waals surface area contributed by atoms with Gasteiger partial charge in [0.05, 0.1) is 5.69 Å². The highest BCUT2D eigenvalue weighted by Gasteiger charge is 2.05. The molecule has 3 aromatic rings. The van der Waals surface area contributed by atoms with Crippen LogP contribution in [0.5, 0.6) is 0 Å². The zero-order valence-electron chi connectivity index (χ0n) is 11.8. The van der Waals surface area contributed by atoms with Crippen molar-refractivity contribution in [1.29, 1.82) is 0 Å². The Hall–Kier alpha value is -1.62. The van der Waals surface area contributed by atoms with Gasteiger partial charge < -0.3 is 0 Å². The second-order valence-corrected chi connectivity index (χ2v) is 6.63. The Morgan fingerprint density at radius 3 is 2.35 bits per heavy atom. The zero-order valence-corrected chi connectivity index (χ0v) is 14.2. The third-order valence-electron chi connectivity index (χ3n) is 3.17. The van der Waals surface area contributed by atoms with Crippen LogP contribution in [-0.2, 0) is 5.75 Å². The molecule has 0 saturated carbocycles. The van der Waals surface area contributed by atoms with Crippen molar-refractivity contribution in [2.75, 3.05) is 0 Å². The van der Waals surface area contributed by atoms with Crippen molar-refractivity contribution in [2.24, 2.45) is 0 Å². The van der Waals surface area contributed by atoms with Crippen molar-refractivity contribution in [2.45, 2.75) is 10.8 Å². The summed E-state index contributed by atoms with van der Waals surface area (Å²) in [6, 6.07) is 15.4. The van der Waals surface area contributed by atoms with Crippen LogP contribution >= 0.6 is 35.0 Å². The zero-order chi connectivity index (χ0) is 16.2. The molecule has 2 nitrogen and oxygen atoms in total. The van der Waals surface area contributed by atoms with Crippen LogP contribution in [0.1, 0.15) is 5.56 Å². The summed E-state index contributed by atoms with van der Waals surface area (Å²) < 4.78 is 12.9. The molecule has 23 heavy (non-hydrogen) atoms. The maximum atomic E-state index is 12.9. The Kier molecular flexibility index (Phi) is 5.16. The molecule has 0 atom stereocenters. The molecular weight excluding hydrogens is 354 g/mol. The monoisotopic (exact) mass is 364 g/mol. The molecule has 0 aliphatic carbocycles. The van der Waals surface area contributed by atoms with E-state index in [9.17, 15) is 4.39 Å². The normalized spacial score (nSPS) is 10.7. The fourth-order valence-corrected chi connectivity index (χ4v) is 3.33. The van der Waals surface area contributed by atoms with Crippen molar-refractivity contribution < 1.29 is 4.39 Å². The van der Waals surface area contributed by atoms with E-state index in [1.54, 1.807) is 18.2 Å². The van der Waals surface area contributed by atoms with E-state index in [0.29, 0.717) is 21.5 Å². The summed E-state index contributed by atoms with van der Waals surface area (Å²) in [5, 5.41) is 10.4. The molecule has 0 amide bonds. The standard InChI is InChI=1S/C17H11Cl2FN2S/c18-13-4-1-12(15(19)9-13)10-23-17-8-7-16(21-22-17)11-2-5-14(20)6-3-11/h1-9H,10H2. The van der Waals surface area contributed by atoms with E-state index in [1.807, 2.05) is 24.3 Å². The number of benzene rings is 2. The molecule has 116 valence electrons. The van der Waals surface area contributed by atoms with Gasteiger partial charge in [0, 0.05) is 21.4 Å². The second-order valence-electron chi connectivity index (χ2n) is 4.79. The lowest BCUT2D eigenvalue weighted by Gasteiger charge is -2.05. The van der Waals surface area contributed by atoms with Gasteiger partial charge in [-0.15, -0.1) is 10.2 Å². The molecule has 1 aromatic heterocycles. The first kappa shape index (κ1) is 16.2. The molecule has 0 bridgehead atoms. The van der Waals surface area contributed by atoms with Gasteiger partial charge in [0.15, 0.2) is 0 Å². The van der Waals surface area contributed by atoms with E-state index in [-0.39, 0.29) is 5.82 Å². The summed E-state index contributed by atoms with van der Waals surface area (Å²) in [5.74, 6) is 0.411. The van der Waals surface area contributed by atoms with Gasteiger partial charge in [0.2, 0.25) is 0 Å². The molecule has 0 N–H and O–H groups in total. The second kappa shape index (κ2) is 7.30. The number of hydrogen-bond donors (Lipinski definition) is 0. The van der Waals surface area contributed by atoms with E-state index >= 15 is 0 Å². The number of nitrogens with zero attached hydrogens (tertiary/aromatic N) is 2. The SMILES string of the molecule is Fc1ccc(-c2ccc(SCc3ccc(Cl)cc3Cl)nn2)cc1. The number of halogens is 3. The lowest BCUT2D eigenvalue weighted by Crippen LogP contribution is -1.90. The topological polar surface area (TPSA) is 25.8 Å². The summed E-state index contributed by atoms with van der Waals surface area (Å²) >= 11 is 13.6. The fraction of sp³-hybridized carbons (Fsp3) is 0.0588. The van der Waals surface area contributed by atoms with Gasteiger partial charge in [-0.05, 0) is 54.1 Å². The van der Waals surface area contributed by atoms with Crippen LogP contribution < -0.4 is 0 Å². The highest BCUT2D eigenvalue weighted by atomic mass is 35.5. The third kappa shape index (κ3) is 4.22. The maximum Gasteiger partial charge on any atom is 0.123 e. The summed E-state index contributed by atoms with van der Waals surface area (Å²) in [4.78, 5) is 0. The molecule has 0 radical (unpaired) electrons. The minimum absolute atomic E-state index is 0.270. The first-order valence-corrected chi connectivity index (χ1v) is 8.52. The van der Waals surface area contributed by atoms with Crippen LogP contribution in [0.2, 0.25) is 10.0 Å². The summed E-state index contributed by atoms with van der Waals surface area (Å²) in [5.41, 5.74) is 2.53. The highest BCUT2D eigenvalue weighted by molar-refractivity contribution is 7.98. The molecule has 0 fully saturated rings. The van der Waals surface area contributed by atoms with Gasteiger partial charge in [-0.1, -0.05) is 41.0 Å². The van der Waals surface area contributed by atoms with Crippen molar-refractivity contribution in [3.05, 3.63) is 76.0 Å². The van der Waals surface area contributed by atoms with E-state index in [4.69, 9.17) is 23.2 Å². The Bertz CT molecular complexity index is 808. The summed E-state index contributed by atoms with van der Waals surface area (Å²) in [7, 11) is 0. The van der Waals surface area contributed by atoms with Crippen LogP contribution in [0.25, 0.3) is 11.3 Å². The maximum absolute atomic E-state index is 12.9. The Morgan fingerprint density at radius 1 is 0.913 bits per heavy atom. The molecule has 6 heteroatoms. The van der Waals surface area contributed by atoms with Gasteiger partial charge in [-0.2, -0.15) is 0 Å². The molecule has 1 heterocycles. The third-order valence-corrected chi connectivity index (χ3v) is 4.73. The lowest BCUT2D eigenvalue weighted by molar-refractivity contribution is 0.628. The van der Waals surface area contributed by atoms with Crippen LogP contribution in [0, 0.1) is 5.82 Å². The van der Waals surface area contributed by atoms with Crippen molar-refractivity contribution in [3.63, 3.8) is 0 Å². The molecule has 0 saturated heterocycles. The predicted molar refractivity (Wildman–Crippen MR) is 93.4 cm³/mol. The molecular formula is C17H11Cl2FN2S. The van der Waals surface area contributed by atoms with Crippen molar-refractivity contribution >= 4 is 35.0 Å². The van der Waals surface area contributed by atoms with Crippen molar-refractivity contribution in [1.82, 2.24) is 10.2 Å².